The summed E-state index contributed by atoms with van der Waals surface area (Å²) >= 11 is 0. The Morgan fingerprint density at radius 1 is 1.00 bits per heavy atom. The lowest BCUT2D eigenvalue weighted by Gasteiger charge is -2.32. The van der Waals surface area contributed by atoms with E-state index in [0.29, 0.717) is 19.6 Å². The molecule has 1 saturated carbocycles. The Morgan fingerprint density at radius 2 is 1.74 bits per heavy atom. The van der Waals surface area contributed by atoms with Gasteiger partial charge in [0.25, 0.3) is 5.56 Å². The molecule has 1 aliphatic heterocycles. The lowest BCUT2D eigenvalue weighted by molar-refractivity contribution is -0.0654. The largest absolute Gasteiger partial charge is 0.388 e. The maximum atomic E-state index is 14.3. The second-order valence-corrected chi connectivity index (χ2v) is 12.4. The number of aryl methyl sites for hydroxylation is 1. The number of hydrogen-bond acceptors (Lipinski definition) is 7. The van der Waals surface area contributed by atoms with E-state index in [-0.39, 0.29) is 17.7 Å². The highest BCUT2D eigenvalue weighted by molar-refractivity contribution is 6.07. The molecule has 0 saturated heterocycles. The van der Waals surface area contributed by atoms with Crippen LogP contribution in [0.1, 0.15) is 81.3 Å². The van der Waals surface area contributed by atoms with Gasteiger partial charge in [0.1, 0.15) is 12.2 Å². The molecule has 0 atom stereocenters. The molecular weight excluding hydrogens is 540 g/mol. The number of benzene rings is 2. The van der Waals surface area contributed by atoms with Gasteiger partial charge >= 0.3 is 0 Å². The van der Waals surface area contributed by atoms with E-state index in [1.165, 1.54) is 0 Å². The second kappa shape index (κ2) is 12.3. The predicted molar refractivity (Wildman–Crippen MR) is 168 cm³/mol. The van der Waals surface area contributed by atoms with Crippen molar-refractivity contribution in [2.75, 3.05) is 13.2 Å². The topological polar surface area (TPSA) is 106 Å². The zero-order chi connectivity index (χ0) is 30.0. The molecule has 6 rings (SSSR count). The Hall–Kier alpha value is -3.95. The van der Waals surface area contributed by atoms with Crippen molar-refractivity contribution in [3.8, 4) is 11.1 Å². The van der Waals surface area contributed by atoms with Gasteiger partial charge in [0.15, 0.2) is 0 Å². The first kappa shape index (κ1) is 29.1. The van der Waals surface area contributed by atoms with Crippen molar-refractivity contribution in [3.05, 3.63) is 93.5 Å². The molecule has 4 aromatic rings. The van der Waals surface area contributed by atoms with Crippen LogP contribution in [0.3, 0.4) is 0 Å². The Morgan fingerprint density at radius 3 is 2.42 bits per heavy atom. The number of nitrogens with zero attached hydrogens (tertiary/aromatic N) is 6. The van der Waals surface area contributed by atoms with E-state index in [0.717, 1.165) is 83.4 Å². The summed E-state index contributed by atoms with van der Waals surface area (Å²) in [7, 11) is 0. The van der Waals surface area contributed by atoms with Gasteiger partial charge in [-0.2, -0.15) is 10.2 Å². The number of rotatable bonds is 10. The molecule has 2 aromatic heterocycles. The van der Waals surface area contributed by atoms with Crippen molar-refractivity contribution in [3.63, 3.8) is 0 Å². The van der Waals surface area contributed by atoms with E-state index in [2.05, 4.69) is 63.9 Å². The third kappa shape index (κ3) is 6.24. The van der Waals surface area contributed by atoms with Gasteiger partial charge in [0.2, 0.25) is 0 Å². The molecule has 0 unspecified atom stereocenters. The molecule has 9 heteroatoms. The molecule has 0 spiro atoms. The molecule has 1 N–H and O–H groups in total. The van der Waals surface area contributed by atoms with Gasteiger partial charge in [0.05, 0.1) is 35.9 Å². The van der Waals surface area contributed by atoms with Gasteiger partial charge in [-0.15, -0.1) is 5.10 Å². The van der Waals surface area contributed by atoms with E-state index < -0.39 is 5.60 Å². The van der Waals surface area contributed by atoms with Gasteiger partial charge in [-0.3, -0.25) is 9.36 Å². The molecule has 1 aliphatic carbocycles. The van der Waals surface area contributed by atoms with Crippen molar-refractivity contribution in [2.24, 2.45) is 15.4 Å². The van der Waals surface area contributed by atoms with Gasteiger partial charge < -0.3 is 9.84 Å². The third-order valence-corrected chi connectivity index (χ3v) is 8.45. The zero-order valence-corrected chi connectivity index (χ0v) is 25.2. The number of fused-ring (bicyclic) bond motifs is 1. The maximum absolute atomic E-state index is 14.3. The molecular formula is C34H40N6O3. The zero-order valence-electron chi connectivity index (χ0n) is 25.2. The molecule has 2 aliphatic rings. The maximum Gasteiger partial charge on any atom is 0.257 e. The standard InChI is InChI=1S/C34H40N6O3/c1-4-7-31-29(20-23-10-12-24(13-11-23)27-8-5-6-9-28(27)30-21-35-38-37-30)33(41)39(32-18-19-36-40(31)32)25-14-16-26(17-15-25)43-22-34(2,3)42/h5-6,8-13,18-19,25-26,42H,4,7,14-17,20-22H2,1-3H3. The van der Waals surface area contributed by atoms with E-state index >= 15 is 0 Å². The predicted octanol–water partition coefficient (Wildman–Crippen LogP) is 6.15. The summed E-state index contributed by atoms with van der Waals surface area (Å²) in [4.78, 5) is 14.3. The van der Waals surface area contributed by atoms with Crippen LogP contribution in [0.2, 0.25) is 0 Å². The Balaban J connectivity index is 1.29. The molecule has 2 aromatic carbocycles. The first-order valence-electron chi connectivity index (χ1n) is 15.4. The lowest BCUT2D eigenvalue weighted by Crippen LogP contribution is -2.36. The number of ether oxygens (including phenoxy) is 1. The third-order valence-electron chi connectivity index (χ3n) is 8.45. The number of aromatic nitrogens is 3. The van der Waals surface area contributed by atoms with Crippen LogP contribution in [-0.4, -0.2) is 49.9 Å². The van der Waals surface area contributed by atoms with Gasteiger partial charge in [0, 0.05) is 29.7 Å². The summed E-state index contributed by atoms with van der Waals surface area (Å²) in [6.45, 7) is 6.47. The van der Waals surface area contributed by atoms with Crippen LogP contribution >= 0.6 is 0 Å². The van der Waals surface area contributed by atoms with E-state index in [1.54, 1.807) is 20.0 Å². The molecule has 1 fully saturated rings. The average molecular weight is 581 g/mol. The second-order valence-electron chi connectivity index (χ2n) is 12.4. The van der Waals surface area contributed by atoms with Gasteiger partial charge in [-0.25, -0.2) is 4.52 Å². The quantitative estimate of drug-likeness (QED) is 0.243. The Kier molecular flexibility index (Phi) is 8.36. The molecule has 224 valence electrons. The molecule has 43 heavy (non-hydrogen) atoms. The van der Waals surface area contributed by atoms with Crippen molar-refractivity contribution >= 4 is 11.4 Å². The minimum absolute atomic E-state index is 0.0819. The molecule has 9 nitrogen and oxygen atoms in total. The van der Waals surface area contributed by atoms with Crippen LogP contribution in [-0.2, 0) is 17.6 Å². The van der Waals surface area contributed by atoms with E-state index in [1.807, 2.05) is 27.3 Å². The summed E-state index contributed by atoms with van der Waals surface area (Å²) in [5.41, 5.74) is 7.08. The van der Waals surface area contributed by atoms with Crippen LogP contribution in [0.25, 0.3) is 16.8 Å². The minimum Gasteiger partial charge on any atom is -0.388 e. The van der Waals surface area contributed by atoms with Crippen LogP contribution < -0.4 is 5.56 Å². The first-order chi connectivity index (χ1) is 20.8. The summed E-state index contributed by atoms with van der Waals surface area (Å²) in [6, 6.07) is 18.7. The molecule has 0 bridgehead atoms. The fourth-order valence-corrected chi connectivity index (χ4v) is 6.35. The van der Waals surface area contributed by atoms with Crippen LogP contribution in [0.4, 0.5) is 0 Å². The summed E-state index contributed by atoms with van der Waals surface area (Å²) < 4.78 is 9.96. The van der Waals surface area contributed by atoms with Crippen molar-refractivity contribution in [2.45, 2.75) is 83.5 Å². The Labute approximate surface area is 251 Å². The highest BCUT2D eigenvalue weighted by atomic mass is 16.5. The van der Waals surface area contributed by atoms with Crippen molar-refractivity contribution < 1.29 is 9.84 Å². The Bertz CT molecular complexity index is 1700. The normalized spacial score (nSPS) is 18.8. The summed E-state index contributed by atoms with van der Waals surface area (Å²) in [5.74, 6) is 0. The van der Waals surface area contributed by atoms with E-state index in [4.69, 9.17) is 4.74 Å². The smallest absolute Gasteiger partial charge is 0.257 e. The fourth-order valence-electron chi connectivity index (χ4n) is 6.35. The highest BCUT2D eigenvalue weighted by Gasteiger charge is 2.28. The van der Waals surface area contributed by atoms with E-state index in [9.17, 15) is 9.90 Å². The minimum atomic E-state index is -0.847. The van der Waals surface area contributed by atoms with Gasteiger partial charge in [-0.1, -0.05) is 61.9 Å². The average Bonchev–Trinajstić information content (AvgIpc) is 3.72. The van der Waals surface area contributed by atoms with Crippen LogP contribution in [0, 0.1) is 0 Å². The van der Waals surface area contributed by atoms with Crippen molar-refractivity contribution in [1.82, 2.24) is 14.2 Å². The summed E-state index contributed by atoms with van der Waals surface area (Å²) in [5, 5.41) is 26.8. The molecule has 0 radical (unpaired) electrons. The highest BCUT2D eigenvalue weighted by Crippen LogP contribution is 2.32. The molecule has 3 heterocycles. The monoisotopic (exact) mass is 580 g/mol. The van der Waals surface area contributed by atoms with Crippen LogP contribution in [0.15, 0.2) is 81.0 Å². The van der Waals surface area contributed by atoms with Crippen LogP contribution in [0.5, 0.6) is 0 Å². The molecule has 0 amide bonds. The first-order valence-corrected chi connectivity index (χ1v) is 15.4. The lowest BCUT2D eigenvalue weighted by atomic mass is 9.92. The summed E-state index contributed by atoms with van der Waals surface area (Å²) in [6.07, 6.45) is 7.57. The van der Waals surface area contributed by atoms with Gasteiger partial charge in [-0.05, 0) is 67.9 Å². The fraction of sp³-hybridized carbons (Fsp3) is 0.441. The van der Waals surface area contributed by atoms with Crippen molar-refractivity contribution in [1.29, 1.82) is 0 Å². The number of aliphatic hydroxyl groups is 1. The SMILES string of the molecule is CCCc1c(Cc2ccc(-c3ccccc3C3=NN=NC3)cc2)c(=O)n(C2CCC(OCC(C)(C)O)CC2)c2ccnn12. The number of hydrogen-bond donors (Lipinski definition) is 1.